The summed E-state index contributed by atoms with van der Waals surface area (Å²) >= 11 is 0. The van der Waals surface area contributed by atoms with E-state index in [2.05, 4.69) is 10.6 Å². The molecule has 1 rings (SSSR count). The molecule has 0 saturated carbocycles. The number of hydrogen-bond donors (Lipinski definition) is 2. The first-order valence-electron chi connectivity index (χ1n) is 12.3. The maximum absolute atomic E-state index is 13.5. The van der Waals surface area contributed by atoms with Crippen molar-refractivity contribution in [3.8, 4) is 0 Å². The molecule has 1 aromatic carbocycles. The quantitative estimate of drug-likeness (QED) is 0.346. The van der Waals surface area contributed by atoms with Gasteiger partial charge in [0.05, 0.1) is 13.2 Å². The smallest absolute Gasteiger partial charge is 0.467 e. The molecular formula is C27H42N2O8. The molecule has 2 N–H and O–H groups in total. The number of carbonyl (C=O) groups excluding carboxylic acids is 4. The van der Waals surface area contributed by atoms with E-state index in [0.717, 1.165) is 5.56 Å². The molecule has 0 aromatic heterocycles. The lowest BCUT2D eigenvalue weighted by molar-refractivity contribution is -0.147. The predicted octanol–water partition coefficient (Wildman–Crippen LogP) is 4.15. The molecule has 0 spiro atoms. The van der Waals surface area contributed by atoms with Crippen LogP contribution >= 0.6 is 0 Å². The molecule has 0 fully saturated rings. The Hall–Kier alpha value is -3.30. The molecular weight excluding hydrogens is 480 g/mol. The third kappa shape index (κ3) is 13.0. The highest BCUT2D eigenvalue weighted by Gasteiger charge is 2.38. The minimum atomic E-state index is -1.52. The minimum absolute atomic E-state index is 0.00167. The number of methoxy groups -OCH3 is 1. The summed E-state index contributed by atoms with van der Waals surface area (Å²) in [5.41, 5.74) is -0.887. The molecule has 0 saturated heterocycles. The summed E-state index contributed by atoms with van der Waals surface area (Å²) in [5, 5.41) is 5.27. The van der Waals surface area contributed by atoms with Crippen molar-refractivity contribution in [2.24, 2.45) is 5.92 Å². The number of nitrogens with one attached hydrogen (secondary N) is 2. The number of ether oxygens (including phenoxy) is 4. The zero-order valence-electron chi connectivity index (χ0n) is 23.4. The second-order valence-electron chi connectivity index (χ2n) is 11.2. The molecule has 10 heteroatoms. The number of rotatable bonds is 10. The molecule has 208 valence electrons. The number of carbonyl (C=O) groups is 4. The molecule has 0 aliphatic heterocycles. The Kier molecular flexibility index (Phi) is 11.9. The molecule has 0 aliphatic rings. The van der Waals surface area contributed by atoms with Crippen LogP contribution in [0.5, 0.6) is 0 Å². The van der Waals surface area contributed by atoms with Crippen molar-refractivity contribution in [2.45, 2.75) is 97.6 Å². The van der Waals surface area contributed by atoms with E-state index in [4.69, 9.17) is 18.9 Å². The van der Waals surface area contributed by atoms with Crippen LogP contribution in [-0.4, -0.2) is 60.6 Å². The molecule has 0 unspecified atom stereocenters. The molecule has 3 atom stereocenters. The zero-order chi connectivity index (χ0) is 28.4. The number of esters is 1. The summed E-state index contributed by atoms with van der Waals surface area (Å²) in [7, 11) is 1.22. The summed E-state index contributed by atoms with van der Waals surface area (Å²) in [4.78, 5) is 51.2. The largest absolute Gasteiger partial charge is 0.509 e. The van der Waals surface area contributed by atoms with E-state index in [9.17, 15) is 19.2 Å². The van der Waals surface area contributed by atoms with Crippen LogP contribution in [0.2, 0.25) is 0 Å². The van der Waals surface area contributed by atoms with E-state index in [-0.39, 0.29) is 18.8 Å². The lowest BCUT2D eigenvalue weighted by atomic mass is 9.98. The Morgan fingerprint density at radius 3 is 1.92 bits per heavy atom. The standard InChI is InChI=1S/C27H42N2O8/c1-17(2)15-19(29-24(32)36-26(3,4)5)21(35-25(33)37-27(6,7)8)22(30)28-20(23(31)34-9)16-18-13-11-10-12-14-18/h10-14,17,19-21H,15-16H2,1-9H3,(H,28,30)(H,29,32)/t19-,20-,21+/m0/s1. The van der Waals surface area contributed by atoms with Crippen molar-refractivity contribution in [2.75, 3.05) is 7.11 Å². The lowest BCUT2D eigenvalue weighted by Crippen LogP contribution is -2.56. The lowest BCUT2D eigenvalue weighted by Gasteiger charge is -2.31. The SMILES string of the molecule is COC(=O)[C@H](Cc1ccccc1)NC(=O)[C@H](OC(=O)OC(C)(C)C)[C@H](CC(C)C)NC(=O)OC(C)(C)C. The van der Waals surface area contributed by atoms with Crippen LogP contribution < -0.4 is 10.6 Å². The normalized spacial score (nSPS) is 14.1. The summed E-state index contributed by atoms with van der Waals surface area (Å²) < 4.78 is 20.9. The Morgan fingerprint density at radius 1 is 0.865 bits per heavy atom. The molecule has 37 heavy (non-hydrogen) atoms. The van der Waals surface area contributed by atoms with Gasteiger partial charge in [-0.2, -0.15) is 0 Å². The third-order valence-corrected chi connectivity index (χ3v) is 4.75. The van der Waals surface area contributed by atoms with E-state index in [1.807, 2.05) is 44.2 Å². The zero-order valence-corrected chi connectivity index (χ0v) is 23.4. The number of alkyl carbamates (subject to hydrolysis) is 1. The van der Waals surface area contributed by atoms with E-state index in [0.29, 0.717) is 0 Å². The van der Waals surface area contributed by atoms with Crippen LogP contribution in [0.1, 0.15) is 67.4 Å². The van der Waals surface area contributed by atoms with Gasteiger partial charge in [-0.05, 0) is 59.4 Å². The van der Waals surface area contributed by atoms with Crippen LogP contribution in [0.25, 0.3) is 0 Å². The van der Waals surface area contributed by atoms with Gasteiger partial charge in [0, 0.05) is 6.42 Å². The van der Waals surface area contributed by atoms with Gasteiger partial charge >= 0.3 is 18.2 Å². The summed E-state index contributed by atoms with van der Waals surface area (Å²) in [6.45, 7) is 13.8. The van der Waals surface area contributed by atoms with E-state index in [1.165, 1.54) is 7.11 Å². The first-order chi connectivity index (χ1) is 17.0. The Morgan fingerprint density at radius 2 is 1.43 bits per heavy atom. The molecule has 0 aliphatic carbocycles. The molecule has 0 bridgehead atoms. The average molecular weight is 523 g/mol. The maximum atomic E-state index is 13.5. The number of hydrogen-bond acceptors (Lipinski definition) is 8. The second-order valence-corrected chi connectivity index (χ2v) is 11.2. The number of amides is 2. The van der Waals surface area contributed by atoms with Gasteiger partial charge in [-0.3, -0.25) is 4.79 Å². The highest BCUT2D eigenvalue weighted by molar-refractivity contribution is 5.89. The van der Waals surface area contributed by atoms with Crippen molar-refractivity contribution >= 4 is 24.1 Å². The molecule has 1 aromatic rings. The second kappa shape index (κ2) is 13.9. The van der Waals surface area contributed by atoms with Crippen LogP contribution in [0.4, 0.5) is 9.59 Å². The monoisotopic (exact) mass is 522 g/mol. The average Bonchev–Trinajstić information content (AvgIpc) is 2.73. The Balaban J connectivity index is 3.30. The number of benzene rings is 1. The van der Waals surface area contributed by atoms with E-state index >= 15 is 0 Å². The van der Waals surface area contributed by atoms with E-state index in [1.54, 1.807) is 41.5 Å². The van der Waals surface area contributed by atoms with Crippen molar-refractivity contribution in [3.05, 3.63) is 35.9 Å². The Bertz CT molecular complexity index is 903. The van der Waals surface area contributed by atoms with Gasteiger partial charge < -0.3 is 29.6 Å². The summed E-state index contributed by atoms with van der Waals surface area (Å²) in [6, 6.07) is 7.03. The van der Waals surface area contributed by atoms with Gasteiger partial charge in [-0.15, -0.1) is 0 Å². The van der Waals surface area contributed by atoms with Crippen LogP contribution in [0, 0.1) is 5.92 Å². The van der Waals surface area contributed by atoms with Crippen LogP contribution in [0.15, 0.2) is 30.3 Å². The van der Waals surface area contributed by atoms with Crippen LogP contribution in [0.3, 0.4) is 0 Å². The fraction of sp³-hybridized carbons (Fsp3) is 0.630. The predicted molar refractivity (Wildman–Crippen MR) is 138 cm³/mol. The van der Waals surface area contributed by atoms with E-state index < -0.39 is 53.5 Å². The first kappa shape index (κ1) is 31.7. The van der Waals surface area contributed by atoms with Gasteiger partial charge in [-0.1, -0.05) is 44.2 Å². The van der Waals surface area contributed by atoms with Crippen molar-refractivity contribution < 1.29 is 38.1 Å². The molecule has 0 heterocycles. The fourth-order valence-electron chi connectivity index (χ4n) is 3.36. The van der Waals surface area contributed by atoms with Gasteiger partial charge in [0.2, 0.25) is 6.10 Å². The first-order valence-corrected chi connectivity index (χ1v) is 12.3. The topological polar surface area (TPSA) is 129 Å². The van der Waals surface area contributed by atoms with Crippen LogP contribution in [-0.2, 0) is 35.0 Å². The summed E-state index contributed by atoms with van der Waals surface area (Å²) in [6.07, 6.45) is -2.98. The molecule has 2 amide bonds. The van der Waals surface area contributed by atoms with Crippen molar-refractivity contribution in [1.82, 2.24) is 10.6 Å². The Labute approximate surface area is 219 Å². The van der Waals surface area contributed by atoms with Gasteiger partial charge in [0.15, 0.2) is 0 Å². The third-order valence-electron chi connectivity index (χ3n) is 4.75. The molecule has 10 nitrogen and oxygen atoms in total. The van der Waals surface area contributed by atoms with Gasteiger partial charge in [0.25, 0.3) is 5.91 Å². The maximum Gasteiger partial charge on any atom is 0.509 e. The molecule has 0 radical (unpaired) electrons. The van der Waals surface area contributed by atoms with Crippen molar-refractivity contribution in [3.63, 3.8) is 0 Å². The van der Waals surface area contributed by atoms with Gasteiger partial charge in [0.1, 0.15) is 17.2 Å². The van der Waals surface area contributed by atoms with Crippen molar-refractivity contribution in [1.29, 1.82) is 0 Å². The highest BCUT2D eigenvalue weighted by Crippen LogP contribution is 2.17. The van der Waals surface area contributed by atoms with Gasteiger partial charge in [-0.25, -0.2) is 14.4 Å². The summed E-state index contributed by atoms with van der Waals surface area (Å²) in [5.74, 6) is -1.47. The minimum Gasteiger partial charge on any atom is -0.467 e. The highest BCUT2D eigenvalue weighted by atomic mass is 16.7. The fourth-order valence-corrected chi connectivity index (χ4v) is 3.36.